The molecule has 0 aliphatic carbocycles. The number of hydrogen-bond donors (Lipinski definition) is 0. The van der Waals surface area contributed by atoms with Crippen molar-refractivity contribution in [1.82, 2.24) is 4.57 Å². The van der Waals surface area contributed by atoms with Gasteiger partial charge in [0.25, 0.3) is 5.56 Å². The zero-order valence-corrected chi connectivity index (χ0v) is 18.9. The fraction of sp³-hybridized carbons (Fsp3) is 0.154. The quantitative estimate of drug-likeness (QED) is 0.281. The summed E-state index contributed by atoms with van der Waals surface area (Å²) in [5.74, 6) is -1.78. The van der Waals surface area contributed by atoms with Crippen LogP contribution in [0.15, 0.2) is 71.5 Å². The van der Waals surface area contributed by atoms with Gasteiger partial charge in [-0.1, -0.05) is 36.4 Å². The minimum atomic E-state index is -4.94. The second-order valence-corrected chi connectivity index (χ2v) is 8.97. The summed E-state index contributed by atoms with van der Waals surface area (Å²) in [7, 11) is 0. The summed E-state index contributed by atoms with van der Waals surface area (Å²) >= 11 is 1.21. The zero-order chi connectivity index (χ0) is 25.2. The molecule has 0 saturated heterocycles. The monoisotopic (exact) mass is 500 g/mol. The maximum Gasteiger partial charge on any atom is 0.417 e. The first kappa shape index (κ1) is 24.4. The Morgan fingerprint density at radius 2 is 1.69 bits per heavy atom. The van der Waals surface area contributed by atoms with E-state index in [4.69, 9.17) is 0 Å². The van der Waals surface area contributed by atoms with Gasteiger partial charge in [-0.05, 0) is 42.7 Å². The Labute approximate surface area is 201 Å². The Morgan fingerprint density at radius 3 is 2.34 bits per heavy atom. The van der Waals surface area contributed by atoms with Crippen LogP contribution in [0.1, 0.15) is 27.1 Å². The summed E-state index contributed by atoms with van der Waals surface area (Å²) < 4.78 is 69.7. The van der Waals surface area contributed by atoms with E-state index < -0.39 is 41.0 Å². The summed E-state index contributed by atoms with van der Waals surface area (Å²) in [6, 6.07) is 17.9. The van der Waals surface area contributed by atoms with Crippen LogP contribution in [0.5, 0.6) is 0 Å². The summed E-state index contributed by atoms with van der Waals surface area (Å²) in [6.45, 7) is -0.468. The largest absolute Gasteiger partial charge is 0.417 e. The van der Waals surface area contributed by atoms with Crippen molar-refractivity contribution in [3.63, 3.8) is 0 Å². The average molecular weight is 500 g/mol. The first-order valence-electron chi connectivity index (χ1n) is 10.5. The molecular weight excluding hydrogens is 483 g/mol. The van der Waals surface area contributed by atoms with E-state index in [-0.39, 0.29) is 11.3 Å². The van der Waals surface area contributed by atoms with E-state index >= 15 is 0 Å². The van der Waals surface area contributed by atoms with E-state index in [0.717, 1.165) is 39.6 Å². The molecule has 0 aliphatic heterocycles. The van der Waals surface area contributed by atoms with Crippen LogP contribution in [-0.4, -0.2) is 4.57 Å². The van der Waals surface area contributed by atoms with Crippen LogP contribution >= 0.6 is 11.3 Å². The van der Waals surface area contributed by atoms with E-state index in [1.165, 1.54) is 17.4 Å². The minimum absolute atomic E-state index is 0.0963. The Hall–Kier alpha value is -3.77. The number of nitriles is 1. The molecule has 2 aromatic heterocycles. The molecule has 35 heavy (non-hydrogen) atoms. The van der Waals surface area contributed by atoms with E-state index in [9.17, 15) is 32.0 Å². The lowest BCUT2D eigenvalue weighted by Crippen LogP contribution is -2.28. The predicted octanol–water partition coefficient (Wildman–Crippen LogP) is 6.58. The molecule has 0 atom stereocenters. The maximum atomic E-state index is 14.3. The van der Waals surface area contributed by atoms with Crippen LogP contribution < -0.4 is 5.56 Å². The molecule has 178 valence electrons. The number of pyridine rings is 1. The zero-order valence-electron chi connectivity index (χ0n) is 18.1. The molecule has 9 heteroatoms. The van der Waals surface area contributed by atoms with Crippen LogP contribution in [-0.2, 0) is 25.6 Å². The number of rotatable bonds is 6. The van der Waals surface area contributed by atoms with E-state index in [0.29, 0.717) is 17.4 Å². The average Bonchev–Trinajstić information content (AvgIpc) is 3.29. The van der Waals surface area contributed by atoms with Crippen molar-refractivity contribution < 1.29 is 22.0 Å². The van der Waals surface area contributed by atoms with Crippen molar-refractivity contribution in [2.24, 2.45) is 0 Å². The molecule has 0 saturated carbocycles. The molecule has 0 N–H and O–H groups in total. The molecule has 0 fully saturated rings. The molecule has 3 nitrogen and oxygen atoms in total. The highest BCUT2D eigenvalue weighted by atomic mass is 32.1. The number of benzene rings is 2. The first-order valence-corrected chi connectivity index (χ1v) is 11.3. The third-order valence-corrected chi connectivity index (χ3v) is 6.65. The number of alkyl halides is 3. The van der Waals surface area contributed by atoms with Crippen molar-refractivity contribution in [3.8, 4) is 16.6 Å². The molecule has 4 rings (SSSR count). The standard InChI is InChI=1S/C26H17F5N2OS/c27-18-8-7-17(22(28)12-18)15-33-23(13-21(26(29,30)31)20(14-32)25(33)34)24-11-10-19(35-24)9-6-16-4-2-1-3-5-16/h1-5,7-8,10-13H,6,9,15H2. The number of nitrogens with zero attached hydrogens (tertiary/aromatic N) is 2. The SMILES string of the molecule is N#Cc1c(C(F)(F)F)cc(-c2ccc(CCc3ccccc3)s2)n(Cc2ccc(F)cc2F)c1=O. The molecule has 2 heterocycles. The van der Waals surface area contributed by atoms with Crippen molar-refractivity contribution in [2.45, 2.75) is 25.6 Å². The highest BCUT2D eigenvalue weighted by Crippen LogP contribution is 2.36. The van der Waals surface area contributed by atoms with Crippen LogP contribution in [0.25, 0.3) is 10.6 Å². The van der Waals surface area contributed by atoms with E-state index in [1.54, 1.807) is 12.1 Å². The Balaban J connectivity index is 1.80. The molecule has 0 radical (unpaired) electrons. The number of aryl methyl sites for hydroxylation is 2. The molecular formula is C26H17F5N2OS. The van der Waals surface area contributed by atoms with Crippen LogP contribution in [0, 0.1) is 23.0 Å². The number of thiophene rings is 1. The summed E-state index contributed by atoms with van der Waals surface area (Å²) in [6.07, 6.45) is -3.59. The van der Waals surface area contributed by atoms with Gasteiger partial charge in [0.05, 0.1) is 22.7 Å². The smallest absolute Gasteiger partial charge is 0.302 e. The molecule has 0 bridgehead atoms. The van der Waals surface area contributed by atoms with E-state index in [1.807, 2.05) is 30.3 Å². The minimum Gasteiger partial charge on any atom is -0.302 e. The number of hydrogen-bond acceptors (Lipinski definition) is 3. The molecule has 0 aliphatic rings. The summed E-state index contributed by atoms with van der Waals surface area (Å²) in [5.41, 5.74) is -2.72. The Morgan fingerprint density at radius 1 is 0.943 bits per heavy atom. The normalized spacial score (nSPS) is 11.4. The second-order valence-electron chi connectivity index (χ2n) is 7.81. The molecule has 0 unspecified atom stereocenters. The first-order chi connectivity index (χ1) is 16.7. The van der Waals surface area contributed by atoms with Crippen LogP contribution in [0.3, 0.4) is 0 Å². The molecule has 4 aromatic rings. The van der Waals surface area contributed by atoms with Gasteiger partial charge in [0, 0.05) is 16.5 Å². The summed E-state index contributed by atoms with van der Waals surface area (Å²) in [5, 5.41) is 9.30. The third kappa shape index (κ3) is 5.33. The lowest BCUT2D eigenvalue weighted by molar-refractivity contribution is -0.137. The highest BCUT2D eigenvalue weighted by Gasteiger charge is 2.36. The number of halogens is 5. The van der Waals surface area contributed by atoms with Crippen molar-refractivity contribution in [3.05, 3.63) is 116 Å². The Kier molecular flexibility index (Phi) is 6.85. The van der Waals surface area contributed by atoms with Crippen molar-refractivity contribution in [2.75, 3.05) is 0 Å². The topological polar surface area (TPSA) is 45.8 Å². The van der Waals surface area contributed by atoms with Crippen molar-refractivity contribution in [1.29, 1.82) is 5.26 Å². The van der Waals surface area contributed by atoms with Gasteiger partial charge in [-0.3, -0.25) is 4.79 Å². The fourth-order valence-corrected chi connectivity index (χ4v) is 4.75. The maximum absolute atomic E-state index is 14.3. The molecule has 2 aromatic carbocycles. The molecule has 0 amide bonds. The predicted molar refractivity (Wildman–Crippen MR) is 123 cm³/mol. The Bertz CT molecular complexity index is 1470. The molecule has 0 spiro atoms. The van der Waals surface area contributed by atoms with Gasteiger partial charge >= 0.3 is 6.18 Å². The van der Waals surface area contributed by atoms with Gasteiger partial charge < -0.3 is 4.57 Å². The van der Waals surface area contributed by atoms with Gasteiger partial charge in [0.1, 0.15) is 23.3 Å². The third-order valence-electron chi connectivity index (χ3n) is 5.48. The van der Waals surface area contributed by atoms with Crippen molar-refractivity contribution >= 4 is 11.3 Å². The van der Waals surface area contributed by atoms with Gasteiger partial charge in [0.15, 0.2) is 0 Å². The van der Waals surface area contributed by atoms with Gasteiger partial charge in [0.2, 0.25) is 0 Å². The van der Waals surface area contributed by atoms with E-state index in [2.05, 4.69) is 0 Å². The van der Waals surface area contributed by atoms with Crippen LogP contribution in [0.4, 0.5) is 22.0 Å². The second kappa shape index (κ2) is 9.84. The summed E-state index contributed by atoms with van der Waals surface area (Å²) in [4.78, 5) is 14.3. The fourth-order valence-electron chi connectivity index (χ4n) is 3.72. The lowest BCUT2D eigenvalue weighted by Gasteiger charge is -2.17. The van der Waals surface area contributed by atoms with Crippen LogP contribution in [0.2, 0.25) is 0 Å². The number of aromatic nitrogens is 1. The van der Waals surface area contributed by atoms with Gasteiger partial charge in [-0.2, -0.15) is 18.4 Å². The highest BCUT2D eigenvalue weighted by molar-refractivity contribution is 7.15. The lowest BCUT2D eigenvalue weighted by atomic mass is 10.1. The van der Waals surface area contributed by atoms with Gasteiger partial charge in [-0.25, -0.2) is 8.78 Å². The van der Waals surface area contributed by atoms with Gasteiger partial charge in [-0.15, -0.1) is 11.3 Å².